The SMILES string of the molecule is Cc1cc2c(NCCCc3ccc(-c4cnc(C(=O)N(C)C)cn4)cc3)nc(-c3ccoc3)nc2s1. The highest BCUT2D eigenvalue weighted by molar-refractivity contribution is 7.18. The van der Waals surface area contributed by atoms with Gasteiger partial charge in [-0.15, -0.1) is 11.3 Å². The molecule has 4 aromatic heterocycles. The van der Waals surface area contributed by atoms with Gasteiger partial charge in [0.15, 0.2) is 5.82 Å². The zero-order valence-corrected chi connectivity index (χ0v) is 21.2. The van der Waals surface area contributed by atoms with Gasteiger partial charge in [-0.1, -0.05) is 24.3 Å². The number of furan rings is 1. The molecule has 4 heterocycles. The number of carbonyl (C=O) groups excluding carboxylic acids is 1. The summed E-state index contributed by atoms with van der Waals surface area (Å²) in [6.07, 6.45) is 8.35. The minimum Gasteiger partial charge on any atom is -0.472 e. The van der Waals surface area contributed by atoms with Gasteiger partial charge in [-0.05, 0) is 37.5 Å². The van der Waals surface area contributed by atoms with Gasteiger partial charge in [0, 0.05) is 31.1 Å². The van der Waals surface area contributed by atoms with E-state index >= 15 is 0 Å². The van der Waals surface area contributed by atoms with Crippen LogP contribution < -0.4 is 5.32 Å². The number of nitrogens with one attached hydrogen (secondary N) is 1. The largest absolute Gasteiger partial charge is 0.472 e. The molecule has 0 atom stereocenters. The molecule has 5 aromatic rings. The van der Waals surface area contributed by atoms with Crippen molar-refractivity contribution in [1.82, 2.24) is 24.8 Å². The number of nitrogens with zero attached hydrogens (tertiary/aromatic N) is 5. The van der Waals surface area contributed by atoms with E-state index in [1.54, 1.807) is 44.2 Å². The molecule has 0 fully saturated rings. The Morgan fingerprint density at radius 1 is 1.06 bits per heavy atom. The third-order valence-corrected chi connectivity index (χ3v) is 6.70. The van der Waals surface area contributed by atoms with Crippen molar-refractivity contribution in [3.8, 4) is 22.6 Å². The third kappa shape index (κ3) is 5.11. The Balaban J connectivity index is 1.21. The summed E-state index contributed by atoms with van der Waals surface area (Å²) >= 11 is 1.67. The van der Waals surface area contributed by atoms with Crippen molar-refractivity contribution in [3.63, 3.8) is 0 Å². The minimum absolute atomic E-state index is 0.160. The lowest BCUT2D eigenvalue weighted by molar-refractivity contribution is 0.0821. The summed E-state index contributed by atoms with van der Waals surface area (Å²) < 4.78 is 5.21. The molecule has 1 amide bonds. The van der Waals surface area contributed by atoms with Crippen molar-refractivity contribution in [2.45, 2.75) is 19.8 Å². The molecule has 8 nitrogen and oxygen atoms in total. The second-order valence-electron chi connectivity index (χ2n) is 8.70. The van der Waals surface area contributed by atoms with Crippen molar-refractivity contribution < 1.29 is 9.21 Å². The van der Waals surface area contributed by atoms with E-state index in [1.807, 2.05) is 18.2 Å². The molecule has 0 aliphatic rings. The summed E-state index contributed by atoms with van der Waals surface area (Å²) in [6, 6.07) is 12.3. The van der Waals surface area contributed by atoms with E-state index in [4.69, 9.17) is 14.4 Å². The molecule has 0 aliphatic carbocycles. The molecule has 0 radical (unpaired) electrons. The number of aromatic nitrogens is 4. The molecular weight excluding hydrogens is 472 g/mol. The van der Waals surface area contributed by atoms with Crippen LogP contribution in [0.3, 0.4) is 0 Å². The lowest BCUT2D eigenvalue weighted by atomic mass is 10.1. The van der Waals surface area contributed by atoms with E-state index in [1.165, 1.54) is 21.5 Å². The van der Waals surface area contributed by atoms with Gasteiger partial charge >= 0.3 is 0 Å². The maximum atomic E-state index is 12.0. The number of amides is 1. The molecule has 0 aliphatic heterocycles. The molecule has 0 bridgehead atoms. The van der Waals surface area contributed by atoms with Crippen LogP contribution in [0, 0.1) is 6.92 Å². The maximum absolute atomic E-state index is 12.0. The number of anilines is 1. The molecule has 0 spiro atoms. The fourth-order valence-electron chi connectivity index (χ4n) is 3.86. The van der Waals surface area contributed by atoms with Crippen molar-refractivity contribution in [3.05, 3.63) is 77.5 Å². The van der Waals surface area contributed by atoms with Crippen LogP contribution in [-0.4, -0.2) is 51.4 Å². The first-order chi connectivity index (χ1) is 17.5. The highest BCUT2D eigenvalue weighted by atomic mass is 32.1. The Morgan fingerprint density at radius 2 is 1.89 bits per heavy atom. The summed E-state index contributed by atoms with van der Waals surface area (Å²) in [4.78, 5) is 33.8. The monoisotopic (exact) mass is 498 g/mol. The Morgan fingerprint density at radius 3 is 2.58 bits per heavy atom. The van der Waals surface area contributed by atoms with Crippen molar-refractivity contribution in [1.29, 1.82) is 0 Å². The molecule has 1 N–H and O–H groups in total. The Bertz CT molecular complexity index is 1480. The smallest absolute Gasteiger partial charge is 0.273 e. The number of hydrogen-bond acceptors (Lipinski definition) is 8. The molecule has 0 saturated heterocycles. The maximum Gasteiger partial charge on any atom is 0.273 e. The number of fused-ring (bicyclic) bond motifs is 1. The molecule has 36 heavy (non-hydrogen) atoms. The number of thiophene rings is 1. The molecule has 9 heteroatoms. The van der Waals surface area contributed by atoms with E-state index in [0.29, 0.717) is 11.5 Å². The minimum atomic E-state index is -0.160. The molecule has 1 aromatic carbocycles. The molecule has 0 saturated carbocycles. The average Bonchev–Trinajstić information content (AvgIpc) is 3.56. The Hall–Kier alpha value is -4.11. The van der Waals surface area contributed by atoms with Crippen LogP contribution in [0.4, 0.5) is 5.82 Å². The second-order valence-corrected chi connectivity index (χ2v) is 9.93. The van der Waals surface area contributed by atoms with Crippen LogP contribution in [0.5, 0.6) is 0 Å². The summed E-state index contributed by atoms with van der Waals surface area (Å²) in [6.45, 7) is 2.88. The highest BCUT2D eigenvalue weighted by Crippen LogP contribution is 2.31. The third-order valence-electron chi connectivity index (χ3n) is 5.76. The number of benzene rings is 1. The average molecular weight is 499 g/mol. The lowest BCUT2D eigenvalue weighted by Crippen LogP contribution is -2.22. The van der Waals surface area contributed by atoms with Gasteiger partial charge in [0.25, 0.3) is 5.91 Å². The second kappa shape index (κ2) is 10.2. The summed E-state index contributed by atoms with van der Waals surface area (Å²) in [5.74, 6) is 1.36. The Labute approximate surface area is 213 Å². The van der Waals surface area contributed by atoms with Gasteiger partial charge in [0.05, 0.1) is 35.3 Å². The first-order valence-electron chi connectivity index (χ1n) is 11.7. The normalized spacial score (nSPS) is 11.1. The Kier molecular flexibility index (Phi) is 6.73. The van der Waals surface area contributed by atoms with Crippen LogP contribution in [-0.2, 0) is 6.42 Å². The van der Waals surface area contributed by atoms with Gasteiger partial charge < -0.3 is 14.6 Å². The fourth-order valence-corrected chi connectivity index (χ4v) is 4.74. The zero-order valence-electron chi connectivity index (χ0n) is 20.4. The topological polar surface area (TPSA) is 97.0 Å². The van der Waals surface area contributed by atoms with E-state index in [-0.39, 0.29) is 5.91 Å². The first-order valence-corrected chi connectivity index (χ1v) is 12.5. The van der Waals surface area contributed by atoms with Crippen LogP contribution >= 0.6 is 11.3 Å². The quantitative estimate of drug-likeness (QED) is 0.284. The van der Waals surface area contributed by atoms with Gasteiger partial charge in [-0.25, -0.2) is 15.0 Å². The van der Waals surface area contributed by atoms with E-state index in [2.05, 4.69) is 40.4 Å². The van der Waals surface area contributed by atoms with E-state index in [0.717, 1.165) is 52.2 Å². The first kappa shape index (κ1) is 23.6. The number of carbonyl (C=O) groups is 1. The van der Waals surface area contributed by atoms with Crippen molar-refractivity contribution in [2.75, 3.05) is 26.0 Å². The van der Waals surface area contributed by atoms with Crippen LogP contribution in [0.15, 0.2) is 65.7 Å². The number of rotatable bonds is 8. The number of hydrogen-bond donors (Lipinski definition) is 1. The molecule has 5 rings (SSSR count). The van der Waals surface area contributed by atoms with Gasteiger partial charge in [-0.2, -0.15) is 0 Å². The standard InChI is InChI=1S/C27H26N6O2S/c1-17-13-21-25(31-24(32-26(21)36-17)20-10-12-35-16-20)28-11-4-5-18-6-8-19(9-7-18)22-14-30-23(15-29-22)27(34)33(2)3/h6-10,12-16H,4-5,11H2,1-3H3,(H,28,31,32). The van der Waals surface area contributed by atoms with E-state index < -0.39 is 0 Å². The van der Waals surface area contributed by atoms with Crippen molar-refractivity contribution in [2.24, 2.45) is 0 Å². The molecule has 0 unspecified atom stereocenters. The predicted molar refractivity (Wildman–Crippen MR) is 142 cm³/mol. The predicted octanol–water partition coefficient (Wildman–Crippen LogP) is 5.46. The van der Waals surface area contributed by atoms with Crippen LogP contribution in [0.1, 0.15) is 27.3 Å². The summed E-state index contributed by atoms with van der Waals surface area (Å²) in [5, 5.41) is 4.56. The molecule has 182 valence electrons. The lowest BCUT2D eigenvalue weighted by Gasteiger charge is -2.10. The number of aryl methyl sites for hydroxylation is 2. The van der Waals surface area contributed by atoms with Gasteiger partial charge in [0.1, 0.15) is 22.6 Å². The van der Waals surface area contributed by atoms with Gasteiger partial charge in [0.2, 0.25) is 0 Å². The van der Waals surface area contributed by atoms with Crippen LogP contribution in [0.25, 0.3) is 32.9 Å². The zero-order chi connectivity index (χ0) is 25.1. The summed E-state index contributed by atoms with van der Waals surface area (Å²) in [7, 11) is 3.39. The highest BCUT2D eigenvalue weighted by Gasteiger charge is 2.13. The van der Waals surface area contributed by atoms with Gasteiger partial charge in [-0.3, -0.25) is 9.78 Å². The molecular formula is C27H26N6O2S. The fraction of sp³-hybridized carbons (Fsp3) is 0.222. The van der Waals surface area contributed by atoms with E-state index in [9.17, 15) is 4.79 Å². The summed E-state index contributed by atoms with van der Waals surface area (Å²) in [5.41, 5.74) is 4.16. The van der Waals surface area contributed by atoms with Crippen LogP contribution in [0.2, 0.25) is 0 Å². The van der Waals surface area contributed by atoms with Crippen molar-refractivity contribution >= 4 is 33.3 Å².